The van der Waals surface area contributed by atoms with Gasteiger partial charge < -0.3 is 10.6 Å². The van der Waals surface area contributed by atoms with E-state index in [1.165, 1.54) is 11.8 Å². The van der Waals surface area contributed by atoms with Gasteiger partial charge in [0, 0.05) is 18.3 Å². The molecule has 2 N–H and O–H groups in total. The van der Waals surface area contributed by atoms with Crippen LogP contribution in [0.1, 0.15) is 24.5 Å². The second-order valence-corrected chi connectivity index (χ2v) is 6.52. The maximum absolute atomic E-state index is 12.8. The molecule has 134 valence electrons. The van der Waals surface area contributed by atoms with Crippen molar-refractivity contribution in [1.29, 1.82) is 0 Å². The maximum Gasteiger partial charge on any atom is 0.256 e. The minimum Gasteiger partial charge on any atom is -0.373 e. The predicted molar refractivity (Wildman–Crippen MR) is 101 cm³/mol. The first-order valence-electron chi connectivity index (χ1n) is 8.43. The second-order valence-electron chi connectivity index (χ2n) is 6.52. The first-order chi connectivity index (χ1) is 12.3. The zero-order valence-electron chi connectivity index (χ0n) is 15.0. The Balaban J connectivity index is 1.75. The van der Waals surface area contributed by atoms with E-state index in [0.717, 1.165) is 11.1 Å². The number of rotatable bonds is 4. The summed E-state index contributed by atoms with van der Waals surface area (Å²) in [7, 11) is 0. The average Bonchev–Trinajstić information content (AvgIpc) is 2.83. The number of anilines is 3. The van der Waals surface area contributed by atoms with Crippen LogP contribution in [0.2, 0.25) is 0 Å². The van der Waals surface area contributed by atoms with E-state index in [0.29, 0.717) is 17.1 Å². The summed E-state index contributed by atoms with van der Waals surface area (Å²) >= 11 is 0. The van der Waals surface area contributed by atoms with Gasteiger partial charge in [-0.1, -0.05) is 17.7 Å². The van der Waals surface area contributed by atoms with Crippen molar-refractivity contribution in [1.82, 2.24) is 0 Å². The molecule has 3 rings (SSSR count). The maximum atomic E-state index is 12.8. The van der Waals surface area contributed by atoms with Crippen molar-refractivity contribution in [2.75, 3.05) is 15.5 Å². The summed E-state index contributed by atoms with van der Waals surface area (Å²) in [5.41, 5.74) is 4.00. The summed E-state index contributed by atoms with van der Waals surface area (Å²) in [6, 6.07) is 12.1. The Labute approximate surface area is 152 Å². The Hall–Kier alpha value is -3.15. The Bertz CT molecular complexity index is 874. The van der Waals surface area contributed by atoms with Crippen LogP contribution in [-0.2, 0) is 14.4 Å². The van der Waals surface area contributed by atoms with Gasteiger partial charge in [0.25, 0.3) is 5.91 Å². The van der Waals surface area contributed by atoms with Gasteiger partial charge in [-0.15, -0.1) is 0 Å². The molecule has 0 spiro atoms. The minimum atomic E-state index is -0.602. The monoisotopic (exact) mass is 351 g/mol. The Morgan fingerprint density at radius 2 is 1.69 bits per heavy atom. The van der Waals surface area contributed by atoms with Gasteiger partial charge in [-0.2, -0.15) is 0 Å². The summed E-state index contributed by atoms with van der Waals surface area (Å²) in [6.45, 7) is 5.31. The Morgan fingerprint density at radius 3 is 2.31 bits per heavy atom. The number of hydrogen-bond donors (Lipinski definition) is 2. The standard InChI is InChI=1S/C20H21N3O3/c1-12-4-9-18(13(2)10-12)23-19(25)11-17(20(23)26)22-16-7-5-15(6-8-16)21-14(3)24/h4-10,17,22H,11H2,1-3H3,(H,21,24)/t17-/m1/s1. The Kier molecular flexibility index (Phi) is 4.75. The van der Waals surface area contributed by atoms with Gasteiger partial charge >= 0.3 is 0 Å². The predicted octanol–water partition coefficient (Wildman–Crippen LogP) is 3.01. The molecule has 3 amide bonds. The van der Waals surface area contributed by atoms with Crippen LogP contribution in [0.15, 0.2) is 42.5 Å². The molecule has 0 bridgehead atoms. The molecule has 0 radical (unpaired) electrons. The lowest BCUT2D eigenvalue weighted by Crippen LogP contribution is -2.35. The van der Waals surface area contributed by atoms with Crippen molar-refractivity contribution in [2.45, 2.75) is 33.2 Å². The number of carbonyl (C=O) groups excluding carboxylic acids is 3. The van der Waals surface area contributed by atoms with E-state index in [1.54, 1.807) is 24.3 Å². The van der Waals surface area contributed by atoms with E-state index < -0.39 is 6.04 Å². The third-order valence-electron chi connectivity index (χ3n) is 4.29. The number of imide groups is 1. The van der Waals surface area contributed by atoms with E-state index >= 15 is 0 Å². The molecule has 0 aromatic heterocycles. The van der Waals surface area contributed by atoms with Crippen LogP contribution >= 0.6 is 0 Å². The zero-order chi connectivity index (χ0) is 18.8. The second kappa shape index (κ2) is 7.00. The molecule has 2 aromatic rings. The highest BCUT2D eigenvalue weighted by Crippen LogP contribution is 2.28. The molecule has 0 aliphatic carbocycles. The van der Waals surface area contributed by atoms with Crippen molar-refractivity contribution < 1.29 is 14.4 Å². The van der Waals surface area contributed by atoms with Gasteiger partial charge in [0.15, 0.2) is 0 Å². The van der Waals surface area contributed by atoms with Crippen molar-refractivity contribution in [3.05, 3.63) is 53.6 Å². The molecule has 1 fully saturated rings. The van der Waals surface area contributed by atoms with Crippen molar-refractivity contribution in [2.24, 2.45) is 0 Å². The van der Waals surface area contributed by atoms with Crippen molar-refractivity contribution in [3.8, 4) is 0 Å². The molecule has 1 heterocycles. The van der Waals surface area contributed by atoms with E-state index in [2.05, 4.69) is 10.6 Å². The normalized spacial score (nSPS) is 16.7. The third-order valence-corrected chi connectivity index (χ3v) is 4.29. The molecular weight excluding hydrogens is 330 g/mol. The topological polar surface area (TPSA) is 78.5 Å². The van der Waals surface area contributed by atoms with Gasteiger partial charge in [-0.25, -0.2) is 4.90 Å². The van der Waals surface area contributed by atoms with Gasteiger partial charge in [0.05, 0.1) is 12.1 Å². The highest BCUT2D eigenvalue weighted by Gasteiger charge is 2.40. The number of nitrogens with one attached hydrogen (secondary N) is 2. The van der Waals surface area contributed by atoms with E-state index in [1.807, 2.05) is 32.0 Å². The highest BCUT2D eigenvalue weighted by molar-refractivity contribution is 6.23. The quantitative estimate of drug-likeness (QED) is 0.830. The van der Waals surface area contributed by atoms with Crippen LogP contribution in [0.3, 0.4) is 0 Å². The molecule has 1 aliphatic heterocycles. The molecule has 1 atom stereocenters. The fourth-order valence-corrected chi connectivity index (χ4v) is 3.11. The largest absolute Gasteiger partial charge is 0.373 e. The van der Waals surface area contributed by atoms with Crippen LogP contribution in [-0.4, -0.2) is 23.8 Å². The lowest BCUT2D eigenvalue weighted by atomic mass is 10.1. The summed E-state index contributed by atoms with van der Waals surface area (Å²) in [5.74, 6) is -0.617. The first-order valence-corrected chi connectivity index (χ1v) is 8.43. The van der Waals surface area contributed by atoms with Crippen molar-refractivity contribution in [3.63, 3.8) is 0 Å². The fraction of sp³-hybridized carbons (Fsp3) is 0.250. The Morgan fingerprint density at radius 1 is 1.04 bits per heavy atom. The number of benzene rings is 2. The summed E-state index contributed by atoms with van der Waals surface area (Å²) in [6.07, 6.45) is 0.111. The van der Waals surface area contributed by atoms with E-state index in [4.69, 9.17) is 0 Å². The summed E-state index contributed by atoms with van der Waals surface area (Å²) in [5, 5.41) is 5.79. The van der Waals surface area contributed by atoms with E-state index in [9.17, 15) is 14.4 Å². The highest BCUT2D eigenvalue weighted by atomic mass is 16.2. The first kappa shape index (κ1) is 17.7. The molecule has 6 nitrogen and oxygen atoms in total. The number of nitrogens with zero attached hydrogens (tertiary/aromatic N) is 1. The molecule has 2 aromatic carbocycles. The van der Waals surface area contributed by atoms with E-state index in [-0.39, 0.29) is 24.1 Å². The molecule has 1 saturated heterocycles. The zero-order valence-corrected chi connectivity index (χ0v) is 15.0. The number of hydrogen-bond acceptors (Lipinski definition) is 4. The van der Waals surface area contributed by atoms with Crippen LogP contribution in [0.5, 0.6) is 0 Å². The van der Waals surface area contributed by atoms with Gasteiger partial charge in [-0.3, -0.25) is 14.4 Å². The third kappa shape index (κ3) is 3.59. The minimum absolute atomic E-state index is 0.111. The average molecular weight is 351 g/mol. The van der Waals surface area contributed by atoms with Crippen LogP contribution in [0.25, 0.3) is 0 Å². The lowest BCUT2D eigenvalue weighted by molar-refractivity contribution is -0.121. The van der Waals surface area contributed by atoms with Crippen LogP contribution in [0.4, 0.5) is 17.1 Å². The number of amides is 3. The lowest BCUT2D eigenvalue weighted by Gasteiger charge is -2.18. The van der Waals surface area contributed by atoms with Crippen LogP contribution in [0, 0.1) is 13.8 Å². The summed E-state index contributed by atoms with van der Waals surface area (Å²) < 4.78 is 0. The molecule has 0 unspecified atom stereocenters. The van der Waals surface area contributed by atoms with Gasteiger partial charge in [0.1, 0.15) is 6.04 Å². The summed E-state index contributed by atoms with van der Waals surface area (Å²) in [4.78, 5) is 37.5. The van der Waals surface area contributed by atoms with Gasteiger partial charge in [0.2, 0.25) is 11.8 Å². The fourth-order valence-electron chi connectivity index (χ4n) is 3.11. The van der Waals surface area contributed by atoms with Crippen LogP contribution < -0.4 is 15.5 Å². The number of aryl methyl sites for hydroxylation is 2. The molecular formula is C20H21N3O3. The molecule has 26 heavy (non-hydrogen) atoms. The molecule has 6 heteroatoms. The smallest absolute Gasteiger partial charge is 0.256 e. The van der Waals surface area contributed by atoms with Crippen molar-refractivity contribution >= 4 is 34.8 Å². The molecule has 0 saturated carbocycles. The van der Waals surface area contributed by atoms with Gasteiger partial charge in [-0.05, 0) is 49.7 Å². The molecule has 1 aliphatic rings. The number of carbonyl (C=O) groups is 3. The SMILES string of the molecule is CC(=O)Nc1ccc(N[C@@H]2CC(=O)N(c3ccc(C)cc3C)C2=O)cc1.